The molecule has 4 heterocycles. The first kappa shape index (κ1) is 23.2. The number of H-pyrrole nitrogens is 1. The predicted molar refractivity (Wildman–Crippen MR) is 134 cm³/mol. The minimum atomic E-state index is -0.438. The Bertz CT molecular complexity index is 1560. The lowest BCUT2D eigenvalue weighted by molar-refractivity contribution is 0.276. The molecule has 12 nitrogen and oxygen atoms in total. The number of rotatable bonds is 8. The van der Waals surface area contributed by atoms with Gasteiger partial charge in [-0.2, -0.15) is 4.98 Å². The summed E-state index contributed by atoms with van der Waals surface area (Å²) in [5, 5.41) is 27.7. The van der Waals surface area contributed by atoms with Crippen LogP contribution in [0.15, 0.2) is 57.9 Å². The van der Waals surface area contributed by atoms with Gasteiger partial charge in [0.1, 0.15) is 11.6 Å². The number of fused-ring (bicyclic) bond motifs is 1. The maximum absolute atomic E-state index is 12.2. The second-order valence-electron chi connectivity index (χ2n) is 8.47. The van der Waals surface area contributed by atoms with E-state index < -0.39 is 6.04 Å². The second-order valence-corrected chi connectivity index (χ2v) is 8.47. The number of nitrogens with zero attached hydrogens (tertiary/aromatic N) is 6. The molecule has 4 N–H and O–H groups in total. The van der Waals surface area contributed by atoms with E-state index in [0.717, 1.165) is 5.56 Å². The van der Waals surface area contributed by atoms with Crippen LogP contribution in [-0.4, -0.2) is 46.6 Å². The molecular formula is C24H25N9O3. The van der Waals surface area contributed by atoms with E-state index in [1.54, 1.807) is 29.9 Å². The summed E-state index contributed by atoms with van der Waals surface area (Å²) in [5.41, 5.74) is 1.70. The molecular weight excluding hydrogens is 462 g/mol. The molecule has 0 fully saturated rings. The van der Waals surface area contributed by atoms with Crippen molar-refractivity contribution < 1.29 is 9.52 Å². The number of anilines is 3. The van der Waals surface area contributed by atoms with Crippen molar-refractivity contribution in [2.24, 2.45) is 0 Å². The lowest BCUT2D eigenvalue weighted by Crippen LogP contribution is -2.17. The van der Waals surface area contributed by atoms with Gasteiger partial charge in [-0.1, -0.05) is 30.3 Å². The molecule has 0 saturated carbocycles. The van der Waals surface area contributed by atoms with Crippen molar-refractivity contribution in [1.82, 2.24) is 34.9 Å². The molecule has 1 aromatic carbocycles. The SMILES string of the molecule is Cc1nnc(-c2cnc(Nc3ccc4c(=O)[nH]n(C(C)C)c4n3)nc2N[C@H](CO)c2ccccc2)o1. The van der Waals surface area contributed by atoms with Gasteiger partial charge >= 0.3 is 0 Å². The van der Waals surface area contributed by atoms with Crippen LogP contribution in [-0.2, 0) is 0 Å². The van der Waals surface area contributed by atoms with Crippen molar-refractivity contribution in [2.45, 2.75) is 32.9 Å². The van der Waals surface area contributed by atoms with Gasteiger partial charge in [-0.3, -0.25) is 14.6 Å². The zero-order valence-electron chi connectivity index (χ0n) is 19.9. The first-order valence-corrected chi connectivity index (χ1v) is 11.4. The van der Waals surface area contributed by atoms with Crippen molar-refractivity contribution in [1.29, 1.82) is 0 Å². The Balaban J connectivity index is 1.52. The molecule has 1 atom stereocenters. The lowest BCUT2D eigenvalue weighted by Gasteiger charge is -2.19. The maximum Gasteiger partial charge on any atom is 0.273 e. The summed E-state index contributed by atoms with van der Waals surface area (Å²) in [5.74, 6) is 1.76. The quantitative estimate of drug-likeness (QED) is 0.255. The highest BCUT2D eigenvalue weighted by Gasteiger charge is 2.19. The van der Waals surface area contributed by atoms with E-state index in [2.05, 4.69) is 40.9 Å². The Labute approximate surface area is 205 Å². The number of aryl methyl sites for hydroxylation is 1. The molecule has 5 rings (SSSR count). The third-order valence-corrected chi connectivity index (χ3v) is 5.57. The van der Waals surface area contributed by atoms with E-state index in [-0.39, 0.29) is 30.0 Å². The highest BCUT2D eigenvalue weighted by atomic mass is 16.4. The number of nitrogens with one attached hydrogen (secondary N) is 3. The zero-order valence-corrected chi connectivity index (χ0v) is 19.9. The number of aliphatic hydroxyl groups excluding tert-OH is 1. The Morgan fingerprint density at radius 2 is 1.92 bits per heavy atom. The molecule has 0 aliphatic rings. The molecule has 5 aromatic rings. The molecule has 0 saturated heterocycles. The van der Waals surface area contributed by atoms with Crippen LogP contribution in [0.5, 0.6) is 0 Å². The Kier molecular flexibility index (Phi) is 6.17. The highest BCUT2D eigenvalue weighted by molar-refractivity contribution is 5.77. The summed E-state index contributed by atoms with van der Waals surface area (Å²) in [6.07, 6.45) is 1.56. The molecule has 0 aliphatic heterocycles. The fraction of sp³-hybridized carbons (Fsp3) is 0.250. The van der Waals surface area contributed by atoms with Crippen LogP contribution in [0.2, 0.25) is 0 Å². The van der Waals surface area contributed by atoms with Crippen LogP contribution < -0.4 is 16.2 Å². The number of hydrogen-bond donors (Lipinski definition) is 4. The Hall–Kier alpha value is -4.58. The number of aromatic amines is 1. The third kappa shape index (κ3) is 4.53. The van der Waals surface area contributed by atoms with Gasteiger partial charge in [-0.15, -0.1) is 10.2 Å². The number of benzene rings is 1. The van der Waals surface area contributed by atoms with Gasteiger partial charge in [0.15, 0.2) is 5.65 Å². The van der Waals surface area contributed by atoms with Crippen molar-refractivity contribution in [3.63, 3.8) is 0 Å². The summed E-state index contributed by atoms with van der Waals surface area (Å²) in [6, 6.07) is 12.5. The number of hydrogen-bond acceptors (Lipinski definition) is 10. The van der Waals surface area contributed by atoms with E-state index in [1.807, 2.05) is 44.2 Å². The van der Waals surface area contributed by atoms with E-state index >= 15 is 0 Å². The van der Waals surface area contributed by atoms with Crippen molar-refractivity contribution >= 4 is 28.6 Å². The summed E-state index contributed by atoms with van der Waals surface area (Å²) in [7, 11) is 0. The maximum atomic E-state index is 12.2. The molecule has 12 heteroatoms. The molecule has 0 amide bonds. The fourth-order valence-electron chi connectivity index (χ4n) is 3.79. The zero-order chi connectivity index (χ0) is 25.2. The molecule has 0 spiro atoms. The summed E-state index contributed by atoms with van der Waals surface area (Å²) in [6.45, 7) is 5.44. The standard InChI is InChI=1S/C24H25N9O3/c1-13(2)33-21-16(22(35)32-33)9-10-19(27-21)28-24-25-11-17(23-31-30-14(3)36-23)20(29-24)26-18(12-34)15-7-5-4-6-8-15/h4-11,13,18,34H,12H2,1-3H3,(H,32,35)(H2,25,26,27,28,29)/t18-/m1/s1. The second kappa shape index (κ2) is 9.58. The first-order valence-electron chi connectivity index (χ1n) is 11.4. The predicted octanol–water partition coefficient (Wildman–Crippen LogP) is 3.34. The highest BCUT2D eigenvalue weighted by Crippen LogP contribution is 2.29. The van der Waals surface area contributed by atoms with Gasteiger partial charge in [0.25, 0.3) is 11.4 Å². The minimum absolute atomic E-state index is 0.0237. The van der Waals surface area contributed by atoms with Crippen LogP contribution in [0.1, 0.15) is 37.4 Å². The topological polar surface area (TPSA) is 160 Å². The average molecular weight is 488 g/mol. The Morgan fingerprint density at radius 1 is 1.11 bits per heavy atom. The van der Waals surface area contributed by atoms with Crippen LogP contribution >= 0.6 is 0 Å². The van der Waals surface area contributed by atoms with Gasteiger partial charge in [0, 0.05) is 19.2 Å². The molecule has 36 heavy (non-hydrogen) atoms. The van der Waals surface area contributed by atoms with Gasteiger partial charge < -0.3 is 20.2 Å². The third-order valence-electron chi connectivity index (χ3n) is 5.57. The molecule has 0 radical (unpaired) electrons. The van der Waals surface area contributed by atoms with Crippen LogP contribution in [0.3, 0.4) is 0 Å². The normalized spacial score (nSPS) is 12.2. The van der Waals surface area contributed by atoms with Crippen LogP contribution in [0.4, 0.5) is 17.6 Å². The average Bonchev–Trinajstić information content (AvgIpc) is 3.46. The largest absolute Gasteiger partial charge is 0.421 e. The summed E-state index contributed by atoms with van der Waals surface area (Å²) >= 11 is 0. The van der Waals surface area contributed by atoms with E-state index in [9.17, 15) is 9.90 Å². The molecule has 4 aromatic heterocycles. The minimum Gasteiger partial charge on any atom is -0.421 e. The molecule has 0 bridgehead atoms. The molecule has 0 aliphatic carbocycles. The molecule has 0 unspecified atom stereocenters. The van der Waals surface area contributed by atoms with E-state index in [0.29, 0.717) is 34.1 Å². The smallest absolute Gasteiger partial charge is 0.273 e. The number of pyridine rings is 1. The summed E-state index contributed by atoms with van der Waals surface area (Å²) < 4.78 is 7.31. The van der Waals surface area contributed by atoms with Crippen LogP contribution in [0.25, 0.3) is 22.5 Å². The first-order chi connectivity index (χ1) is 17.4. The van der Waals surface area contributed by atoms with Gasteiger partial charge in [-0.25, -0.2) is 9.97 Å². The van der Waals surface area contributed by atoms with Crippen molar-refractivity contribution in [3.05, 3.63) is 70.5 Å². The van der Waals surface area contributed by atoms with Gasteiger partial charge in [0.05, 0.1) is 23.6 Å². The van der Waals surface area contributed by atoms with Gasteiger partial charge in [-0.05, 0) is 31.5 Å². The summed E-state index contributed by atoms with van der Waals surface area (Å²) in [4.78, 5) is 25.8. The molecule has 184 valence electrons. The van der Waals surface area contributed by atoms with Crippen molar-refractivity contribution in [3.8, 4) is 11.5 Å². The van der Waals surface area contributed by atoms with E-state index in [4.69, 9.17) is 4.42 Å². The van der Waals surface area contributed by atoms with E-state index in [1.165, 1.54) is 0 Å². The number of aliphatic hydroxyl groups is 1. The number of aromatic nitrogens is 7. The monoisotopic (exact) mass is 487 g/mol. The lowest BCUT2D eigenvalue weighted by atomic mass is 10.1. The fourth-order valence-corrected chi connectivity index (χ4v) is 3.79. The van der Waals surface area contributed by atoms with Gasteiger partial charge in [0.2, 0.25) is 11.8 Å². The van der Waals surface area contributed by atoms with Crippen LogP contribution in [0, 0.1) is 6.92 Å². The Morgan fingerprint density at radius 3 is 2.61 bits per heavy atom. The van der Waals surface area contributed by atoms with Crippen molar-refractivity contribution in [2.75, 3.05) is 17.2 Å².